The van der Waals surface area contributed by atoms with Crippen LogP contribution in [0.1, 0.15) is 63.1 Å². The normalized spacial score (nSPS) is 15.9. The number of allylic oxidation sites excluding steroid dienone is 1. The second-order valence-corrected chi connectivity index (χ2v) is 7.02. The molecule has 3 rings (SSSR count). The van der Waals surface area contributed by atoms with Crippen LogP contribution < -0.4 is 0 Å². The largest absolute Gasteiger partial charge is 0.0648 e. The highest BCUT2D eigenvalue weighted by Gasteiger charge is 2.19. The summed E-state index contributed by atoms with van der Waals surface area (Å²) in [6.07, 6.45) is 5.99. The molecule has 0 N–H and O–H groups in total. The van der Waals surface area contributed by atoms with Gasteiger partial charge in [-0.25, -0.2) is 0 Å². The van der Waals surface area contributed by atoms with Gasteiger partial charge in [0.15, 0.2) is 0 Å². The van der Waals surface area contributed by atoms with E-state index in [0.29, 0.717) is 11.8 Å². The fraction of sp³-hybridized carbons (Fsp3) is 0.391. The molecule has 120 valence electrons. The minimum atomic E-state index is 0.641. The zero-order chi connectivity index (χ0) is 16.4. The molecule has 2 atom stereocenters. The lowest BCUT2D eigenvalue weighted by Gasteiger charge is -2.12. The van der Waals surface area contributed by atoms with Crippen molar-refractivity contribution in [1.29, 1.82) is 0 Å². The van der Waals surface area contributed by atoms with E-state index in [1.165, 1.54) is 40.7 Å². The van der Waals surface area contributed by atoms with E-state index in [1.54, 1.807) is 5.57 Å². The van der Waals surface area contributed by atoms with Crippen molar-refractivity contribution in [3.63, 3.8) is 0 Å². The first kappa shape index (κ1) is 16.1. The molecule has 2 aromatic rings. The van der Waals surface area contributed by atoms with Crippen molar-refractivity contribution >= 4 is 6.08 Å². The number of hydrogen-bond donors (Lipinski definition) is 0. The van der Waals surface area contributed by atoms with Crippen LogP contribution in [0, 0.1) is 5.92 Å². The molecule has 0 fully saturated rings. The van der Waals surface area contributed by atoms with Gasteiger partial charge in [-0.3, -0.25) is 0 Å². The molecule has 0 aliphatic heterocycles. The van der Waals surface area contributed by atoms with Gasteiger partial charge in [0.1, 0.15) is 0 Å². The van der Waals surface area contributed by atoms with Gasteiger partial charge >= 0.3 is 0 Å². The summed E-state index contributed by atoms with van der Waals surface area (Å²) in [7, 11) is 0. The Morgan fingerprint density at radius 1 is 0.870 bits per heavy atom. The van der Waals surface area contributed by atoms with Crippen molar-refractivity contribution in [2.24, 2.45) is 5.92 Å². The topological polar surface area (TPSA) is 0 Å². The van der Waals surface area contributed by atoms with E-state index in [4.69, 9.17) is 0 Å². The van der Waals surface area contributed by atoms with Crippen LogP contribution in [0.5, 0.6) is 0 Å². The molecular formula is C23H28. The van der Waals surface area contributed by atoms with E-state index in [9.17, 15) is 0 Å². The van der Waals surface area contributed by atoms with Crippen LogP contribution in [0.3, 0.4) is 0 Å². The van der Waals surface area contributed by atoms with Crippen molar-refractivity contribution in [2.75, 3.05) is 0 Å². The van der Waals surface area contributed by atoms with Gasteiger partial charge in [-0.15, -0.1) is 0 Å². The predicted octanol–water partition coefficient (Wildman–Crippen LogP) is 6.85. The van der Waals surface area contributed by atoms with Crippen molar-refractivity contribution in [2.45, 2.75) is 52.9 Å². The zero-order valence-electron chi connectivity index (χ0n) is 14.9. The smallest absolute Gasteiger partial charge is 0.00549 e. The molecule has 0 spiro atoms. The maximum atomic E-state index is 2.45. The average Bonchev–Trinajstić information content (AvgIpc) is 3.04. The molecule has 2 aromatic carbocycles. The monoisotopic (exact) mass is 304 g/mol. The first-order valence-corrected chi connectivity index (χ1v) is 9.06. The Hall–Kier alpha value is -1.82. The van der Waals surface area contributed by atoms with E-state index in [2.05, 4.69) is 76.2 Å². The van der Waals surface area contributed by atoms with E-state index >= 15 is 0 Å². The van der Waals surface area contributed by atoms with Gasteiger partial charge < -0.3 is 0 Å². The number of fused-ring (bicyclic) bond motifs is 1. The van der Waals surface area contributed by atoms with Crippen LogP contribution in [0.25, 0.3) is 17.2 Å². The van der Waals surface area contributed by atoms with Crippen molar-refractivity contribution in [1.82, 2.24) is 0 Å². The Balaban J connectivity index is 1.96. The highest BCUT2D eigenvalue weighted by Crippen LogP contribution is 2.37. The third-order valence-corrected chi connectivity index (χ3v) is 5.57. The summed E-state index contributed by atoms with van der Waals surface area (Å²) >= 11 is 0. The number of rotatable bonds is 5. The maximum absolute atomic E-state index is 2.45. The second-order valence-electron chi connectivity index (χ2n) is 7.02. The lowest BCUT2D eigenvalue weighted by molar-refractivity contribution is 0.647. The summed E-state index contributed by atoms with van der Waals surface area (Å²) in [6.45, 7) is 9.18. The van der Waals surface area contributed by atoms with Gasteiger partial charge in [-0.2, -0.15) is 0 Å². The Kier molecular flexibility index (Phi) is 4.71. The summed E-state index contributed by atoms with van der Waals surface area (Å²) in [5.41, 5.74) is 8.70. The lowest BCUT2D eigenvalue weighted by Crippen LogP contribution is -1.96. The molecule has 1 aliphatic rings. The molecule has 0 aromatic heterocycles. The fourth-order valence-electron chi connectivity index (χ4n) is 3.45. The SMILES string of the molecule is CCC(C)C1=Cc2c(cccc2-c2ccc(C(C)CC)cc2)C1. The predicted molar refractivity (Wildman–Crippen MR) is 102 cm³/mol. The Labute approximate surface area is 141 Å². The van der Waals surface area contributed by atoms with E-state index in [0.717, 1.165) is 6.42 Å². The molecule has 0 bridgehead atoms. The first-order valence-electron chi connectivity index (χ1n) is 9.06. The van der Waals surface area contributed by atoms with Crippen molar-refractivity contribution in [3.8, 4) is 11.1 Å². The van der Waals surface area contributed by atoms with Crippen LogP contribution >= 0.6 is 0 Å². The second kappa shape index (κ2) is 6.74. The Morgan fingerprint density at radius 2 is 1.57 bits per heavy atom. The van der Waals surface area contributed by atoms with Gasteiger partial charge in [-0.05, 0) is 58.9 Å². The van der Waals surface area contributed by atoms with Crippen LogP contribution in [0.4, 0.5) is 0 Å². The van der Waals surface area contributed by atoms with E-state index < -0.39 is 0 Å². The summed E-state index contributed by atoms with van der Waals surface area (Å²) in [6, 6.07) is 16.0. The minimum absolute atomic E-state index is 0.641. The summed E-state index contributed by atoms with van der Waals surface area (Å²) in [5, 5.41) is 0. The molecule has 2 unspecified atom stereocenters. The zero-order valence-corrected chi connectivity index (χ0v) is 14.9. The molecule has 0 saturated heterocycles. The van der Waals surface area contributed by atoms with Gasteiger partial charge in [0.25, 0.3) is 0 Å². The van der Waals surface area contributed by atoms with Crippen LogP contribution in [-0.4, -0.2) is 0 Å². The maximum Gasteiger partial charge on any atom is -0.00549 e. The number of hydrogen-bond acceptors (Lipinski definition) is 0. The third kappa shape index (κ3) is 3.13. The van der Waals surface area contributed by atoms with E-state index in [1.807, 2.05) is 0 Å². The van der Waals surface area contributed by atoms with Gasteiger partial charge in [-0.1, -0.05) is 81.8 Å². The Morgan fingerprint density at radius 3 is 2.22 bits per heavy atom. The van der Waals surface area contributed by atoms with Crippen LogP contribution in [0.15, 0.2) is 48.0 Å². The highest BCUT2D eigenvalue weighted by atomic mass is 14.2. The third-order valence-electron chi connectivity index (χ3n) is 5.57. The van der Waals surface area contributed by atoms with Crippen molar-refractivity contribution < 1.29 is 0 Å². The van der Waals surface area contributed by atoms with Crippen LogP contribution in [0.2, 0.25) is 0 Å². The molecule has 0 heteroatoms. The number of benzene rings is 2. The summed E-state index contributed by atoms with van der Waals surface area (Å²) < 4.78 is 0. The van der Waals surface area contributed by atoms with Gasteiger partial charge in [0.05, 0.1) is 0 Å². The molecule has 1 aliphatic carbocycles. The summed E-state index contributed by atoms with van der Waals surface area (Å²) in [5.74, 6) is 1.32. The van der Waals surface area contributed by atoms with Gasteiger partial charge in [0, 0.05) is 0 Å². The Bertz CT molecular complexity index is 703. The average molecular weight is 304 g/mol. The minimum Gasteiger partial charge on any atom is -0.0648 e. The van der Waals surface area contributed by atoms with E-state index in [-0.39, 0.29) is 0 Å². The highest BCUT2D eigenvalue weighted by molar-refractivity contribution is 5.81. The first-order chi connectivity index (χ1) is 11.1. The quantitative estimate of drug-likeness (QED) is 0.566. The van der Waals surface area contributed by atoms with Crippen LogP contribution in [-0.2, 0) is 6.42 Å². The van der Waals surface area contributed by atoms with Gasteiger partial charge in [0.2, 0.25) is 0 Å². The molecule has 0 radical (unpaired) electrons. The fourth-order valence-corrected chi connectivity index (χ4v) is 3.45. The molecule has 23 heavy (non-hydrogen) atoms. The summed E-state index contributed by atoms with van der Waals surface area (Å²) in [4.78, 5) is 0. The standard InChI is InChI=1S/C23H28/c1-5-16(3)18-10-12-19(13-11-18)22-9-7-8-20-14-21(15-23(20)22)17(4)6-2/h7-13,15-17H,5-6,14H2,1-4H3. The van der Waals surface area contributed by atoms with Crippen molar-refractivity contribution in [3.05, 3.63) is 64.7 Å². The molecule has 0 nitrogen and oxygen atoms in total. The lowest BCUT2D eigenvalue weighted by atomic mass is 9.93. The molecule has 0 heterocycles. The molecule has 0 saturated carbocycles. The molecular weight excluding hydrogens is 276 g/mol. The molecule has 0 amide bonds.